The quantitative estimate of drug-likeness (QED) is 0.928. The third-order valence-corrected chi connectivity index (χ3v) is 4.01. The van der Waals surface area contributed by atoms with Crippen molar-refractivity contribution in [3.63, 3.8) is 0 Å². The maximum absolute atomic E-state index is 12.1. The van der Waals surface area contributed by atoms with Gasteiger partial charge in [0, 0.05) is 5.54 Å². The third-order valence-electron chi connectivity index (χ3n) is 1.95. The fourth-order valence-electron chi connectivity index (χ4n) is 1.38. The van der Waals surface area contributed by atoms with Crippen LogP contribution < -0.4 is 9.46 Å². The van der Waals surface area contributed by atoms with Crippen LogP contribution in [0.2, 0.25) is 5.02 Å². The molecule has 0 radical (unpaired) electrons. The Labute approximate surface area is 113 Å². The summed E-state index contributed by atoms with van der Waals surface area (Å²) in [5.74, 6) is 0.480. The van der Waals surface area contributed by atoms with E-state index in [0.717, 1.165) is 0 Å². The Hall–Kier alpha value is -0.780. The molecule has 0 amide bonds. The van der Waals surface area contributed by atoms with E-state index in [1.807, 2.05) is 6.92 Å². The Bertz CT molecular complexity index is 521. The first-order valence-corrected chi connectivity index (χ1v) is 7.48. The van der Waals surface area contributed by atoms with Crippen LogP contribution in [-0.2, 0) is 10.0 Å². The molecule has 0 heterocycles. The summed E-state index contributed by atoms with van der Waals surface area (Å²) in [6.07, 6.45) is 0. The lowest BCUT2D eigenvalue weighted by molar-refractivity contribution is 0.340. The van der Waals surface area contributed by atoms with Gasteiger partial charge in [0.2, 0.25) is 10.0 Å². The lowest BCUT2D eigenvalue weighted by Gasteiger charge is -2.20. The van der Waals surface area contributed by atoms with E-state index in [2.05, 4.69) is 4.72 Å². The fourth-order valence-corrected chi connectivity index (χ4v) is 3.13. The second kappa shape index (κ2) is 5.47. The van der Waals surface area contributed by atoms with Gasteiger partial charge in [0.05, 0.1) is 16.5 Å². The van der Waals surface area contributed by atoms with Gasteiger partial charge in [0.25, 0.3) is 0 Å². The second-order valence-corrected chi connectivity index (χ2v) is 6.97. The number of benzene rings is 1. The lowest BCUT2D eigenvalue weighted by Crippen LogP contribution is -2.40. The van der Waals surface area contributed by atoms with Gasteiger partial charge in [-0.2, -0.15) is 0 Å². The van der Waals surface area contributed by atoms with Gasteiger partial charge in [0.1, 0.15) is 5.75 Å². The van der Waals surface area contributed by atoms with Crippen molar-refractivity contribution >= 4 is 21.6 Å². The summed E-state index contributed by atoms with van der Waals surface area (Å²) in [5.41, 5.74) is -0.538. The zero-order valence-electron chi connectivity index (χ0n) is 11.0. The molecule has 0 aliphatic heterocycles. The molecule has 0 fully saturated rings. The van der Waals surface area contributed by atoms with Gasteiger partial charge in [0.15, 0.2) is 0 Å². The molecule has 0 atom stereocenters. The van der Waals surface area contributed by atoms with Gasteiger partial charge in [-0.15, -0.1) is 0 Å². The van der Waals surface area contributed by atoms with Gasteiger partial charge >= 0.3 is 0 Å². The number of hydrogen-bond acceptors (Lipinski definition) is 3. The minimum Gasteiger partial charge on any atom is -0.492 e. The number of hydrogen-bond donors (Lipinski definition) is 1. The first-order valence-electron chi connectivity index (χ1n) is 5.62. The molecule has 1 aromatic carbocycles. The topological polar surface area (TPSA) is 55.4 Å². The molecule has 102 valence electrons. The summed E-state index contributed by atoms with van der Waals surface area (Å²) in [6, 6.07) is 4.43. The first-order chi connectivity index (χ1) is 8.15. The van der Waals surface area contributed by atoms with Gasteiger partial charge < -0.3 is 4.74 Å². The molecule has 6 heteroatoms. The van der Waals surface area contributed by atoms with E-state index in [4.69, 9.17) is 16.3 Å². The van der Waals surface area contributed by atoms with Crippen molar-refractivity contribution in [2.45, 2.75) is 38.1 Å². The number of rotatable bonds is 4. The average Bonchev–Trinajstić information content (AvgIpc) is 2.17. The van der Waals surface area contributed by atoms with E-state index in [0.29, 0.717) is 12.4 Å². The molecule has 0 unspecified atom stereocenters. The normalized spacial score (nSPS) is 12.5. The minimum atomic E-state index is -3.56. The van der Waals surface area contributed by atoms with E-state index in [-0.39, 0.29) is 9.92 Å². The molecular weight excluding hydrogens is 274 g/mol. The highest BCUT2D eigenvalue weighted by Gasteiger charge is 2.22. The molecule has 0 aliphatic carbocycles. The van der Waals surface area contributed by atoms with Crippen LogP contribution in [0.3, 0.4) is 0 Å². The van der Waals surface area contributed by atoms with Crippen molar-refractivity contribution in [2.75, 3.05) is 6.61 Å². The predicted octanol–water partition coefficient (Wildman–Crippen LogP) is 2.82. The van der Waals surface area contributed by atoms with Crippen LogP contribution in [0, 0.1) is 0 Å². The molecule has 1 aromatic rings. The molecule has 0 spiro atoms. The Balaban J connectivity index is 3.08. The minimum absolute atomic E-state index is 0.130. The van der Waals surface area contributed by atoms with Gasteiger partial charge in [-0.05, 0) is 45.9 Å². The average molecular weight is 292 g/mol. The van der Waals surface area contributed by atoms with E-state index in [1.165, 1.54) is 12.1 Å². The number of nitrogens with one attached hydrogen (secondary N) is 1. The number of sulfonamides is 1. The second-order valence-electron chi connectivity index (χ2n) is 4.88. The molecule has 0 aromatic heterocycles. The number of halogens is 1. The summed E-state index contributed by atoms with van der Waals surface area (Å²) in [4.78, 5) is 0.130. The monoisotopic (exact) mass is 291 g/mol. The highest BCUT2D eigenvalue weighted by atomic mass is 35.5. The standard InChI is InChI=1S/C12H18ClNO3S/c1-5-17-11-7-6-9(8-10(11)13)18(15,16)14-12(2,3)4/h6-8,14H,5H2,1-4H3. The van der Waals surface area contributed by atoms with Gasteiger partial charge in [-0.25, -0.2) is 13.1 Å². The molecule has 1 N–H and O–H groups in total. The Morgan fingerprint density at radius 1 is 1.33 bits per heavy atom. The van der Waals surface area contributed by atoms with Crippen LogP contribution in [-0.4, -0.2) is 20.6 Å². The Morgan fingerprint density at radius 3 is 2.39 bits per heavy atom. The molecule has 0 saturated heterocycles. The van der Waals surface area contributed by atoms with Crippen molar-refractivity contribution < 1.29 is 13.2 Å². The summed E-state index contributed by atoms with van der Waals surface area (Å²) in [6.45, 7) is 7.65. The van der Waals surface area contributed by atoms with E-state index in [1.54, 1.807) is 26.8 Å². The van der Waals surface area contributed by atoms with E-state index < -0.39 is 15.6 Å². The molecule has 1 rings (SSSR count). The SMILES string of the molecule is CCOc1ccc(S(=O)(=O)NC(C)(C)C)cc1Cl. The molecule has 0 saturated carbocycles. The Kier molecular flexibility index (Phi) is 4.64. The first kappa shape index (κ1) is 15.3. The van der Waals surface area contributed by atoms with Crippen LogP contribution in [0.4, 0.5) is 0 Å². The van der Waals surface area contributed by atoms with Crippen LogP contribution >= 0.6 is 11.6 Å². The van der Waals surface area contributed by atoms with Crippen LogP contribution in [0.1, 0.15) is 27.7 Å². The zero-order valence-corrected chi connectivity index (χ0v) is 12.5. The number of ether oxygens (including phenoxy) is 1. The Morgan fingerprint density at radius 2 is 1.94 bits per heavy atom. The molecule has 18 heavy (non-hydrogen) atoms. The summed E-state index contributed by atoms with van der Waals surface area (Å²) < 4.78 is 31.9. The molecule has 4 nitrogen and oxygen atoms in total. The molecule has 0 aliphatic rings. The van der Waals surface area contributed by atoms with Crippen molar-refractivity contribution in [3.05, 3.63) is 23.2 Å². The maximum Gasteiger partial charge on any atom is 0.241 e. The summed E-state index contributed by atoms with van der Waals surface area (Å²) >= 11 is 5.97. The van der Waals surface area contributed by atoms with E-state index >= 15 is 0 Å². The molecule has 0 bridgehead atoms. The predicted molar refractivity (Wildman–Crippen MR) is 72.7 cm³/mol. The van der Waals surface area contributed by atoms with Crippen LogP contribution in [0.15, 0.2) is 23.1 Å². The van der Waals surface area contributed by atoms with E-state index in [9.17, 15) is 8.42 Å². The zero-order chi connectivity index (χ0) is 14.0. The highest BCUT2D eigenvalue weighted by molar-refractivity contribution is 7.89. The lowest BCUT2D eigenvalue weighted by atomic mass is 10.1. The van der Waals surface area contributed by atoms with Crippen LogP contribution in [0.25, 0.3) is 0 Å². The fraction of sp³-hybridized carbons (Fsp3) is 0.500. The maximum atomic E-state index is 12.1. The highest BCUT2D eigenvalue weighted by Crippen LogP contribution is 2.27. The van der Waals surface area contributed by atoms with Crippen molar-refractivity contribution in [1.82, 2.24) is 4.72 Å². The third kappa shape index (κ3) is 4.15. The van der Waals surface area contributed by atoms with Crippen molar-refractivity contribution in [2.24, 2.45) is 0 Å². The summed E-state index contributed by atoms with van der Waals surface area (Å²) in [5, 5.41) is 0.286. The van der Waals surface area contributed by atoms with Crippen molar-refractivity contribution in [3.8, 4) is 5.75 Å². The largest absolute Gasteiger partial charge is 0.492 e. The summed E-state index contributed by atoms with van der Waals surface area (Å²) in [7, 11) is -3.56. The smallest absolute Gasteiger partial charge is 0.241 e. The molecular formula is C12H18ClNO3S. The van der Waals surface area contributed by atoms with Crippen molar-refractivity contribution in [1.29, 1.82) is 0 Å². The van der Waals surface area contributed by atoms with Gasteiger partial charge in [-0.3, -0.25) is 0 Å². The van der Waals surface area contributed by atoms with Gasteiger partial charge in [-0.1, -0.05) is 11.6 Å². The van der Waals surface area contributed by atoms with Crippen LogP contribution in [0.5, 0.6) is 5.75 Å².